The van der Waals surface area contributed by atoms with Gasteiger partial charge in [0.2, 0.25) is 0 Å². The molecule has 0 aliphatic rings. The normalized spacial score (nSPS) is 10.1. The van der Waals surface area contributed by atoms with Crippen LogP contribution in [0.2, 0.25) is 0 Å². The Kier molecular flexibility index (Phi) is 6.78. The molecule has 3 N–H and O–H groups in total. The number of anilines is 1. The van der Waals surface area contributed by atoms with Crippen molar-refractivity contribution >= 4 is 23.5 Å². The quantitative estimate of drug-likeness (QED) is 0.561. The predicted molar refractivity (Wildman–Crippen MR) is 111 cm³/mol. The molecule has 3 rings (SSSR count). The van der Waals surface area contributed by atoms with Crippen molar-refractivity contribution in [3.8, 4) is 5.75 Å². The lowest BCUT2D eigenvalue weighted by atomic mass is 10.1. The first-order valence-electron chi connectivity index (χ1n) is 9.15. The van der Waals surface area contributed by atoms with E-state index in [4.69, 9.17) is 15.2 Å². The number of ether oxygens (including phenoxy) is 2. The Balaban J connectivity index is 1.48. The minimum Gasteiger partial charge on any atom is -0.481 e. The Labute approximate surface area is 173 Å². The van der Waals surface area contributed by atoms with E-state index < -0.39 is 11.9 Å². The third-order valence-electron chi connectivity index (χ3n) is 4.15. The number of hydrogen-bond acceptors (Lipinski definition) is 5. The Hall–Kier alpha value is -4.13. The van der Waals surface area contributed by atoms with Gasteiger partial charge in [-0.1, -0.05) is 42.5 Å². The van der Waals surface area contributed by atoms with E-state index in [0.29, 0.717) is 11.3 Å². The van der Waals surface area contributed by atoms with E-state index in [0.717, 1.165) is 5.56 Å². The molecule has 3 aromatic rings. The Morgan fingerprint density at radius 3 is 2.20 bits per heavy atom. The second-order valence-corrected chi connectivity index (χ2v) is 6.33. The van der Waals surface area contributed by atoms with Crippen molar-refractivity contribution in [3.05, 3.63) is 95.6 Å². The highest BCUT2D eigenvalue weighted by Crippen LogP contribution is 2.17. The second kappa shape index (κ2) is 9.88. The first kappa shape index (κ1) is 20.6. The number of carbonyl (C=O) groups excluding carboxylic acids is 3. The highest BCUT2D eigenvalue weighted by Gasteiger charge is 2.11. The number of carbonyl (C=O) groups is 3. The van der Waals surface area contributed by atoms with E-state index in [-0.39, 0.29) is 30.4 Å². The van der Waals surface area contributed by atoms with Crippen molar-refractivity contribution in [3.63, 3.8) is 0 Å². The van der Waals surface area contributed by atoms with Crippen molar-refractivity contribution in [1.29, 1.82) is 0 Å². The summed E-state index contributed by atoms with van der Waals surface area (Å²) in [6.07, 6.45) is 0. The van der Waals surface area contributed by atoms with Gasteiger partial charge in [-0.15, -0.1) is 0 Å². The molecule has 152 valence electrons. The number of nitrogens with two attached hydrogens (primary N) is 1. The summed E-state index contributed by atoms with van der Waals surface area (Å²) in [6, 6.07) is 22.2. The van der Waals surface area contributed by atoms with Crippen LogP contribution in [0.3, 0.4) is 0 Å². The summed E-state index contributed by atoms with van der Waals surface area (Å²) in [5, 5.41) is 2.80. The molecule has 30 heavy (non-hydrogen) atoms. The zero-order valence-electron chi connectivity index (χ0n) is 16.0. The molecule has 0 aliphatic carbocycles. The average Bonchev–Trinajstić information content (AvgIpc) is 2.77. The van der Waals surface area contributed by atoms with E-state index >= 15 is 0 Å². The highest BCUT2D eigenvalue weighted by molar-refractivity contribution is 6.04. The van der Waals surface area contributed by atoms with Crippen LogP contribution in [0.5, 0.6) is 5.75 Å². The molecule has 0 aliphatic heterocycles. The van der Waals surface area contributed by atoms with E-state index in [1.54, 1.807) is 54.6 Å². The lowest BCUT2D eigenvalue weighted by molar-refractivity contribution is -0.147. The van der Waals surface area contributed by atoms with Crippen LogP contribution in [0.25, 0.3) is 0 Å². The number of amides is 2. The van der Waals surface area contributed by atoms with Crippen LogP contribution < -0.4 is 15.8 Å². The molecule has 0 fully saturated rings. The summed E-state index contributed by atoms with van der Waals surface area (Å²) < 4.78 is 10.5. The molecule has 0 atom stereocenters. The van der Waals surface area contributed by atoms with Crippen molar-refractivity contribution in [2.45, 2.75) is 6.61 Å². The molecule has 0 aromatic heterocycles. The van der Waals surface area contributed by atoms with Crippen LogP contribution in [0.4, 0.5) is 5.69 Å². The smallest absolute Gasteiger partial charge is 0.344 e. The molecule has 0 unspecified atom stereocenters. The molecule has 7 heteroatoms. The first-order valence-corrected chi connectivity index (χ1v) is 9.15. The fourth-order valence-electron chi connectivity index (χ4n) is 2.62. The standard InChI is InChI=1S/C23H20N2O5/c24-22(27)19-8-4-5-9-20(19)29-15-21(26)30-14-16-10-12-17(13-11-16)23(28)25-18-6-2-1-3-7-18/h1-13H,14-15H2,(H2,24,27)(H,25,28). The Morgan fingerprint density at radius 2 is 1.50 bits per heavy atom. The number of para-hydroxylation sites is 2. The molecule has 0 saturated carbocycles. The number of rotatable bonds is 8. The number of primary amides is 1. The molecule has 0 spiro atoms. The van der Waals surface area contributed by atoms with Crippen LogP contribution in [0, 0.1) is 0 Å². The van der Waals surface area contributed by atoms with Gasteiger partial charge in [-0.2, -0.15) is 0 Å². The number of nitrogens with one attached hydrogen (secondary N) is 1. The molecule has 3 aromatic carbocycles. The summed E-state index contributed by atoms with van der Waals surface area (Å²) in [5.74, 6) is -1.25. The highest BCUT2D eigenvalue weighted by atomic mass is 16.6. The van der Waals surface area contributed by atoms with Crippen LogP contribution in [0.15, 0.2) is 78.9 Å². The lowest BCUT2D eigenvalue weighted by Crippen LogP contribution is -2.18. The number of benzene rings is 3. The third kappa shape index (κ3) is 5.68. The molecular formula is C23H20N2O5. The molecule has 0 bridgehead atoms. The minimum atomic E-state index is -0.643. The third-order valence-corrected chi connectivity index (χ3v) is 4.15. The summed E-state index contributed by atoms with van der Waals surface area (Å²) in [7, 11) is 0. The first-order chi connectivity index (χ1) is 14.5. The van der Waals surface area contributed by atoms with Gasteiger partial charge in [0, 0.05) is 11.3 Å². The van der Waals surface area contributed by atoms with Crippen LogP contribution in [-0.2, 0) is 16.1 Å². The molecule has 7 nitrogen and oxygen atoms in total. The largest absolute Gasteiger partial charge is 0.481 e. The van der Waals surface area contributed by atoms with Gasteiger partial charge in [-0.3, -0.25) is 9.59 Å². The van der Waals surface area contributed by atoms with E-state index in [1.807, 2.05) is 18.2 Å². The SMILES string of the molecule is NC(=O)c1ccccc1OCC(=O)OCc1ccc(C(=O)Nc2ccccc2)cc1. The summed E-state index contributed by atoms with van der Waals surface area (Å²) >= 11 is 0. The van der Waals surface area contributed by atoms with Gasteiger partial charge in [-0.05, 0) is 42.0 Å². The molecular weight excluding hydrogens is 384 g/mol. The van der Waals surface area contributed by atoms with Crippen LogP contribution in [0.1, 0.15) is 26.3 Å². The Bertz CT molecular complexity index is 1030. The number of hydrogen-bond donors (Lipinski definition) is 2. The fourth-order valence-corrected chi connectivity index (χ4v) is 2.62. The molecule has 0 heterocycles. The monoisotopic (exact) mass is 404 g/mol. The van der Waals surface area contributed by atoms with Gasteiger partial charge >= 0.3 is 5.97 Å². The Morgan fingerprint density at radius 1 is 0.833 bits per heavy atom. The maximum atomic E-state index is 12.2. The van der Waals surface area contributed by atoms with Crippen LogP contribution >= 0.6 is 0 Å². The number of esters is 1. The van der Waals surface area contributed by atoms with Gasteiger partial charge in [0.15, 0.2) is 6.61 Å². The van der Waals surface area contributed by atoms with Crippen molar-refractivity contribution in [2.75, 3.05) is 11.9 Å². The average molecular weight is 404 g/mol. The molecule has 0 saturated heterocycles. The lowest BCUT2D eigenvalue weighted by Gasteiger charge is -2.10. The zero-order valence-corrected chi connectivity index (χ0v) is 16.0. The van der Waals surface area contributed by atoms with Crippen molar-refractivity contribution in [1.82, 2.24) is 0 Å². The molecule has 0 radical (unpaired) electrons. The minimum absolute atomic E-state index is 0.0280. The summed E-state index contributed by atoms with van der Waals surface area (Å²) in [4.78, 5) is 35.5. The summed E-state index contributed by atoms with van der Waals surface area (Å²) in [5.41, 5.74) is 7.37. The zero-order chi connectivity index (χ0) is 21.3. The van der Waals surface area contributed by atoms with Gasteiger partial charge in [0.1, 0.15) is 12.4 Å². The van der Waals surface area contributed by atoms with Gasteiger partial charge in [-0.25, -0.2) is 4.79 Å². The van der Waals surface area contributed by atoms with E-state index in [2.05, 4.69) is 5.32 Å². The van der Waals surface area contributed by atoms with Crippen LogP contribution in [-0.4, -0.2) is 24.4 Å². The van der Waals surface area contributed by atoms with Crippen molar-refractivity contribution < 1.29 is 23.9 Å². The fraction of sp³-hybridized carbons (Fsp3) is 0.0870. The maximum absolute atomic E-state index is 12.2. The predicted octanol–water partition coefficient (Wildman–Crippen LogP) is 3.16. The van der Waals surface area contributed by atoms with E-state index in [9.17, 15) is 14.4 Å². The second-order valence-electron chi connectivity index (χ2n) is 6.33. The topological polar surface area (TPSA) is 108 Å². The van der Waals surface area contributed by atoms with Gasteiger partial charge in [0.05, 0.1) is 5.56 Å². The maximum Gasteiger partial charge on any atom is 0.344 e. The summed E-state index contributed by atoms with van der Waals surface area (Å²) in [6.45, 7) is -0.331. The van der Waals surface area contributed by atoms with Crippen molar-refractivity contribution in [2.24, 2.45) is 5.73 Å². The molecule has 2 amide bonds. The van der Waals surface area contributed by atoms with Gasteiger partial charge < -0.3 is 20.5 Å². The van der Waals surface area contributed by atoms with E-state index in [1.165, 1.54) is 6.07 Å². The van der Waals surface area contributed by atoms with Gasteiger partial charge in [0.25, 0.3) is 11.8 Å².